The molecule has 1 aromatic heterocycles. The molecule has 0 aromatic carbocycles. The number of aromatic nitrogens is 1. The van der Waals surface area contributed by atoms with E-state index in [1.54, 1.807) is 0 Å². The van der Waals surface area contributed by atoms with Crippen molar-refractivity contribution in [1.29, 1.82) is 0 Å². The highest BCUT2D eigenvalue weighted by molar-refractivity contribution is 7.99. The number of thiazole rings is 1. The predicted molar refractivity (Wildman–Crippen MR) is 90.2 cm³/mol. The number of hydrogen-bond acceptors (Lipinski definition) is 6. The molecule has 21 heavy (non-hydrogen) atoms. The molecule has 1 heterocycles. The SMILES string of the molecule is CSC1CCC(NC(=O)c2sc(NC3CCC3)nc2N)C1. The van der Waals surface area contributed by atoms with Crippen molar-refractivity contribution in [3.63, 3.8) is 0 Å². The first-order valence-corrected chi connectivity index (χ1v) is 9.62. The first kappa shape index (κ1) is 15.0. The largest absolute Gasteiger partial charge is 0.382 e. The summed E-state index contributed by atoms with van der Waals surface area (Å²) in [4.78, 5) is 17.2. The van der Waals surface area contributed by atoms with Crippen LogP contribution in [0.4, 0.5) is 10.9 Å². The normalized spacial score (nSPS) is 25.6. The van der Waals surface area contributed by atoms with E-state index >= 15 is 0 Å². The number of amides is 1. The van der Waals surface area contributed by atoms with Crippen molar-refractivity contribution >= 4 is 40.0 Å². The molecule has 0 saturated heterocycles. The standard InChI is InChI=1S/C14H22N4OS2/c1-20-10-6-5-9(7-10)16-13(19)11-12(15)18-14(21-11)17-8-3-2-4-8/h8-10H,2-7,15H2,1H3,(H,16,19)(H,17,18). The molecule has 1 aromatic rings. The fourth-order valence-corrected chi connectivity index (χ4v) is 4.48. The van der Waals surface area contributed by atoms with Gasteiger partial charge in [-0.15, -0.1) is 0 Å². The molecule has 3 rings (SSSR count). The number of hydrogen-bond donors (Lipinski definition) is 3. The summed E-state index contributed by atoms with van der Waals surface area (Å²) in [5.41, 5.74) is 5.90. The fraction of sp³-hybridized carbons (Fsp3) is 0.714. The third-order valence-corrected chi connectivity index (χ3v) is 6.44. The smallest absolute Gasteiger partial charge is 0.265 e. The second-order valence-corrected chi connectivity index (χ2v) is 7.98. The Bertz CT molecular complexity index is 515. The highest BCUT2D eigenvalue weighted by Gasteiger charge is 2.27. The van der Waals surface area contributed by atoms with Gasteiger partial charge >= 0.3 is 0 Å². The van der Waals surface area contributed by atoms with E-state index in [4.69, 9.17) is 5.73 Å². The van der Waals surface area contributed by atoms with Gasteiger partial charge < -0.3 is 16.4 Å². The number of rotatable bonds is 5. The topological polar surface area (TPSA) is 80.0 Å². The molecule has 2 saturated carbocycles. The molecular weight excluding hydrogens is 304 g/mol. The third kappa shape index (κ3) is 3.45. The van der Waals surface area contributed by atoms with Crippen LogP contribution in [0.5, 0.6) is 0 Å². The maximum Gasteiger partial charge on any atom is 0.265 e. The summed E-state index contributed by atoms with van der Waals surface area (Å²) < 4.78 is 0. The van der Waals surface area contributed by atoms with Crippen LogP contribution in [0.15, 0.2) is 0 Å². The maximum absolute atomic E-state index is 12.3. The van der Waals surface area contributed by atoms with Crippen LogP contribution in [0.2, 0.25) is 0 Å². The minimum Gasteiger partial charge on any atom is -0.382 e. The van der Waals surface area contributed by atoms with E-state index in [0.717, 1.165) is 18.0 Å². The lowest BCUT2D eigenvalue weighted by Gasteiger charge is -2.25. The molecule has 5 nitrogen and oxygen atoms in total. The van der Waals surface area contributed by atoms with E-state index in [2.05, 4.69) is 21.9 Å². The summed E-state index contributed by atoms with van der Waals surface area (Å²) in [5.74, 6) is 0.275. The molecule has 0 bridgehead atoms. The number of nitrogens with one attached hydrogen (secondary N) is 2. The second kappa shape index (κ2) is 6.44. The summed E-state index contributed by atoms with van der Waals surface area (Å²) >= 11 is 3.26. The number of anilines is 2. The van der Waals surface area contributed by atoms with Gasteiger partial charge in [0.15, 0.2) is 5.13 Å². The zero-order chi connectivity index (χ0) is 14.8. The molecule has 116 valence electrons. The Morgan fingerprint density at radius 2 is 2.14 bits per heavy atom. The van der Waals surface area contributed by atoms with Gasteiger partial charge in [0.2, 0.25) is 0 Å². The van der Waals surface area contributed by atoms with Crippen molar-refractivity contribution in [2.45, 2.75) is 55.9 Å². The van der Waals surface area contributed by atoms with Crippen LogP contribution in [-0.2, 0) is 0 Å². The van der Waals surface area contributed by atoms with E-state index in [1.165, 1.54) is 37.0 Å². The molecule has 2 aliphatic carbocycles. The van der Waals surface area contributed by atoms with E-state index in [9.17, 15) is 4.79 Å². The van der Waals surface area contributed by atoms with Gasteiger partial charge in [-0.3, -0.25) is 4.79 Å². The van der Waals surface area contributed by atoms with Crippen LogP contribution < -0.4 is 16.4 Å². The third-order valence-electron chi connectivity index (χ3n) is 4.35. The average Bonchev–Trinajstić information content (AvgIpc) is 3.00. The van der Waals surface area contributed by atoms with Crippen LogP contribution in [0.3, 0.4) is 0 Å². The molecular formula is C14H22N4OS2. The van der Waals surface area contributed by atoms with E-state index in [1.807, 2.05) is 11.8 Å². The first-order valence-electron chi connectivity index (χ1n) is 7.52. The van der Waals surface area contributed by atoms with Crippen molar-refractivity contribution in [1.82, 2.24) is 10.3 Å². The number of thioether (sulfide) groups is 1. The number of nitrogen functional groups attached to an aromatic ring is 1. The van der Waals surface area contributed by atoms with Gasteiger partial charge in [-0.05, 0) is 44.8 Å². The van der Waals surface area contributed by atoms with Crippen LogP contribution >= 0.6 is 23.1 Å². The number of nitrogens with zero attached hydrogens (tertiary/aromatic N) is 1. The lowest BCUT2D eigenvalue weighted by molar-refractivity contribution is 0.0943. The number of nitrogens with two attached hydrogens (primary N) is 1. The summed E-state index contributed by atoms with van der Waals surface area (Å²) in [6, 6.07) is 0.781. The van der Waals surface area contributed by atoms with Gasteiger partial charge in [0.05, 0.1) is 0 Å². The average molecular weight is 326 g/mol. The minimum atomic E-state index is -0.0709. The van der Waals surface area contributed by atoms with Gasteiger partial charge in [-0.25, -0.2) is 4.98 Å². The molecule has 4 N–H and O–H groups in total. The van der Waals surface area contributed by atoms with Crippen LogP contribution in [0.1, 0.15) is 48.2 Å². The molecule has 0 aliphatic heterocycles. The quantitative estimate of drug-likeness (QED) is 0.775. The molecule has 0 radical (unpaired) electrons. The summed E-state index contributed by atoms with van der Waals surface area (Å²) in [6.45, 7) is 0. The highest BCUT2D eigenvalue weighted by atomic mass is 32.2. The number of carbonyl (C=O) groups excluding carboxylic acids is 1. The van der Waals surface area contributed by atoms with Gasteiger partial charge in [-0.1, -0.05) is 11.3 Å². The first-order chi connectivity index (χ1) is 10.2. The summed E-state index contributed by atoms with van der Waals surface area (Å²) in [7, 11) is 0. The summed E-state index contributed by atoms with van der Waals surface area (Å²) in [5, 5.41) is 7.90. The minimum absolute atomic E-state index is 0.0709. The van der Waals surface area contributed by atoms with Crippen LogP contribution in [0, 0.1) is 0 Å². The molecule has 2 aliphatic rings. The van der Waals surface area contributed by atoms with E-state index in [0.29, 0.717) is 22.0 Å². The Morgan fingerprint density at radius 3 is 2.76 bits per heavy atom. The van der Waals surface area contributed by atoms with Gasteiger partial charge in [0.1, 0.15) is 10.7 Å². The lowest BCUT2D eigenvalue weighted by Crippen LogP contribution is -2.33. The molecule has 2 fully saturated rings. The van der Waals surface area contributed by atoms with Gasteiger partial charge in [0, 0.05) is 17.3 Å². The highest BCUT2D eigenvalue weighted by Crippen LogP contribution is 2.31. The maximum atomic E-state index is 12.3. The van der Waals surface area contributed by atoms with Gasteiger partial charge in [0.25, 0.3) is 5.91 Å². The van der Waals surface area contributed by atoms with Crippen LogP contribution in [-0.4, -0.2) is 34.5 Å². The zero-order valence-electron chi connectivity index (χ0n) is 12.2. The molecule has 7 heteroatoms. The van der Waals surface area contributed by atoms with E-state index in [-0.39, 0.29) is 11.9 Å². The predicted octanol–water partition coefficient (Wildman–Crippen LogP) is 2.70. The van der Waals surface area contributed by atoms with Crippen LogP contribution in [0.25, 0.3) is 0 Å². The molecule has 2 unspecified atom stereocenters. The van der Waals surface area contributed by atoms with Gasteiger partial charge in [-0.2, -0.15) is 11.8 Å². The Labute approximate surface area is 133 Å². The molecule has 2 atom stereocenters. The summed E-state index contributed by atoms with van der Waals surface area (Å²) in [6.07, 6.45) is 9.05. The lowest BCUT2D eigenvalue weighted by atomic mass is 9.93. The van der Waals surface area contributed by atoms with Crippen molar-refractivity contribution in [3.05, 3.63) is 4.88 Å². The van der Waals surface area contributed by atoms with Crippen molar-refractivity contribution in [2.75, 3.05) is 17.3 Å². The molecule has 1 amide bonds. The fourth-order valence-electron chi connectivity index (χ4n) is 2.82. The van der Waals surface area contributed by atoms with Crippen molar-refractivity contribution in [2.24, 2.45) is 0 Å². The Hall–Kier alpha value is -0.950. The Balaban J connectivity index is 1.59. The second-order valence-electron chi connectivity index (χ2n) is 5.85. The molecule has 0 spiro atoms. The van der Waals surface area contributed by atoms with Crippen molar-refractivity contribution in [3.8, 4) is 0 Å². The zero-order valence-corrected chi connectivity index (χ0v) is 13.9. The monoisotopic (exact) mass is 326 g/mol. The number of carbonyl (C=O) groups is 1. The van der Waals surface area contributed by atoms with Crippen molar-refractivity contribution < 1.29 is 4.79 Å². The Morgan fingerprint density at radius 1 is 1.33 bits per heavy atom. The Kier molecular flexibility index (Phi) is 4.59. The van der Waals surface area contributed by atoms with E-state index < -0.39 is 0 Å².